The molecule has 2 aliphatic rings. The van der Waals surface area contributed by atoms with Crippen LogP contribution in [0.25, 0.3) is 0 Å². The minimum absolute atomic E-state index is 0.0733. The van der Waals surface area contributed by atoms with Crippen molar-refractivity contribution < 1.29 is 18.3 Å². The van der Waals surface area contributed by atoms with Gasteiger partial charge in [-0.2, -0.15) is 4.31 Å². The number of rotatable bonds is 3. The zero-order valence-corrected chi connectivity index (χ0v) is 13.9. The molecule has 2 atom stereocenters. The molecule has 0 unspecified atom stereocenters. The first kappa shape index (κ1) is 15.3. The first-order valence-corrected chi connectivity index (χ1v) is 9.40. The topological polar surface area (TPSA) is 74.7 Å². The second-order valence-electron chi connectivity index (χ2n) is 5.87. The van der Waals surface area contributed by atoms with Gasteiger partial charge in [0, 0.05) is 13.1 Å². The Kier molecular flexibility index (Phi) is 3.59. The number of carboxylic acid groups (broad SMARTS) is 1. The number of hydrogen-bond donors (Lipinski definition) is 1. The third-order valence-corrected chi connectivity index (χ3v) is 8.51. The number of aryl methyl sites for hydroxylation is 1. The van der Waals surface area contributed by atoms with Crippen molar-refractivity contribution in [2.75, 3.05) is 13.1 Å². The van der Waals surface area contributed by atoms with E-state index in [1.807, 2.05) is 0 Å². The molecule has 0 aromatic carbocycles. The molecule has 8 heteroatoms. The van der Waals surface area contributed by atoms with Gasteiger partial charge in [0.1, 0.15) is 4.21 Å². The van der Waals surface area contributed by atoms with Crippen LogP contribution in [0.4, 0.5) is 0 Å². The summed E-state index contributed by atoms with van der Waals surface area (Å²) in [4.78, 5) is 11.6. The number of thiophene rings is 1. The average Bonchev–Trinajstić information content (AvgIpc) is 3.02. The number of halogens is 1. The molecule has 3 rings (SSSR count). The maximum absolute atomic E-state index is 12.7. The fraction of sp³-hybridized carbons (Fsp3) is 0.615. The Balaban J connectivity index is 1.94. The normalized spacial score (nSPS) is 29.7. The maximum atomic E-state index is 12.7. The molecule has 1 N–H and O–H groups in total. The Morgan fingerprint density at radius 3 is 2.81 bits per heavy atom. The summed E-state index contributed by atoms with van der Waals surface area (Å²) in [6, 6.07) is 1.56. The van der Waals surface area contributed by atoms with Gasteiger partial charge in [0.05, 0.1) is 9.75 Å². The van der Waals surface area contributed by atoms with E-state index in [2.05, 4.69) is 0 Å². The molecule has 1 aliphatic heterocycles. The van der Waals surface area contributed by atoms with Gasteiger partial charge >= 0.3 is 5.97 Å². The minimum atomic E-state index is -3.65. The van der Waals surface area contributed by atoms with E-state index in [-0.39, 0.29) is 16.7 Å². The van der Waals surface area contributed by atoms with Crippen LogP contribution < -0.4 is 0 Å². The number of fused-ring (bicyclic) bond motifs is 1. The average molecular weight is 350 g/mol. The second kappa shape index (κ2) is 4.94. The first-order chi connectivity index (χ1) is 9.77. The molecule has 0 radical (unpaired) electrons. The van der Waals surface area contributed by atoms with Gasteiger partial charge in [-0.3, -0.25) is 4.79 Å². The monoisotopic (exact) mass is 349 g/mol. The van der Waals surface area contributed by atoms with Crippen LogP contribution in [-0.4, -0.2) is 36.9 Å². The molecule has 0 amide bonds. The smallest absolute Gasteiger partial charge is 0.311 e. The summed E-state index contributed by atoms with van der Waals surface area (Å²) in [7, 11) is -3.65. The van der Waals surface area contributed by atoms with Crippen LogP contribution in [0.2, 0.25) is 4.34 Å². The lowest BCUT2D eigenvalue weighted by Gasteiger charge is -2.23. The highest BCUT2D eigenvalue weighted by atomic mass is 35.5. The zero-order valence-electron chi connectivity index (χ0n) is 11.5. The highest BCUT2D eigenvalue weighted by Gasteiger charge is 2.57. The van der Waals surface area contributed by atoms with E-state index in [1.54, 1.807) is 13.0 Å². The van der Waals surface area contributed by atoms with Gasteiger partial charge in [-0.15, -0.1) is 11.3 Å². The molecule has 0 bridgehead atoms. The SMILES string of the molecule is Cc1cc(S(=O)(=O)N2C[C@@H]3CCC[C@@]3(C(=O)O)C2)sc1Cl. The van der Waals surface area contributed by atoms with Crippen molar-refractivity contribution >= 4 is 38.9 Å². The van der Waals surface area contributed by atoms with Crippen molar-refractivity contribution in [3.8, 4) is 0 Å². The molecule has 1 aliphatic carbocycles. The molecule has 2 fully saturated rings. The standard InChI is InChI=1S/C13H16ClNO4S2/c1-8-5-10(20-11(8)14)21(18,19)15-6-9-3-2-4-13(9,7-15)12(16)17/h5,9H,2-4,6-7H2,1H3,(H,16,17)/t9-,13+/m0/s1. The zero-order chi connectivity index (χ0) is 15.4. The van der Waals surface area contributed by atoms with Crippen LogP contribution in [0.3, 0.4) is 0 Å². The fourth-order valence-corrected chi connectivity index (χ4v) is 6.88. The summed E-state index contributed by atoms with van der Waals surface area (Å²) in [5, 5.41) is 9.54. The molecule has 0 spiro atoms. The third-order valence-electron chi connectivity index (χ3n) is 4.69. The van der Waals surface area contributed by atoms with Crippen LogP contribution in [0.5, 0.6) is 0 Å². The number of hydrogen-bond acceptors (Lipinski definition) is 4. The molecule has 2 heterocycles. The van der Waals surface area contributed by atoms with Crippen LogP contribution in [0.15, 0.2) is 10.3 Å². The predicted molar refractivity (Wildman–Crippen MR) is 80.2 cm³/mol. The summed E-state index contributed by atoms with van der Waals surface area (Å²) in [6.45, 7) is 2.13. The number of nitrogens with zero attached hydrogens (tertiary/aromatic N) is 1. The molecular weight excluding hydrogens is 334 g/mol. The Labute approximate surface area is 132 Å². The Bertz CT molecular complexity index is 680. The Morgan fingerprint density at radius 2 is 2.29 bits per heavy atom. The van der Waals surface area contributed by atoms with E-state index in [0.29, 0.717) is 17.3 Å². The number of carboxylic acids is 1. The lowest BCUT2D eigenvalue weighted by atomic mass is 9.81. The molecule has 1 saturated carbocycles. The van der Waals surface area contributed by atoms with Crippen molar-refractivity contribution in [3.05, 3.63) is 16.0 Å². The number of carbonyl (C=O) groups is 1. The van der Waals surface area contributed by atoms with Crippen molar-refractivity contribution in [1.82, 2.24) is 4.31 Å². The predicted octanol–water partition coefficient (Wildman–Crippen LogP) is 2.59. The van der Waals surface area contributed by atoms with Crippen molar-refractivity contribution in [3.63, 3.8) is 0 Å². The number of aliphatic carboxylic acids is 1. The van der Waals surface area contributed by atoms with Crippen LogP contribution in [-0.2, 0) is 14.8 Å². The van der Waals surface area contributed by atoms with E-state index < -0.39 is 21.4 Å². The van der Waals surface area contributed by atoms with E-state index in [0.717, 1.165) is 29.7 Å². The number of sulfonamides is 1. The van der Waals surface area contributed by atoms with Crippen LogP contribution >= 0.6 is 22.9 Å². The maximum Gasteiger partial charge on any atom is 0.311 e. The van der Waals surface area contributed by atoms with E-state index in [9.17, 15) is 18.3 Å². The van der Waals surface area contributed by atoms with Gasteiger partial charge in [-0.05, 0) is 37.3 Å². The Hall–Kier alpha value is -0.630. The molecular formula is C13H16ClNO4S2. The first-order valence-electron chi connectivity index (χ1n) is 6.77. The lowest BCUT2D eigenvalue weighted by molar-refractivity contribution is -0.149. The van der Waals surface area contributed by atoms with Crippen molar-refractivity contribution in [1.29, 1.82) is 0 Å². The van der Waals surface area contributed by atoms with Gasteiger partial charge in [0.2, 0.25) is 0 Å². The molecule has 5 nitrogen and oxygen atoms in total. The van der Waals surface area contributed by atoms with E-state index in [1.165, 1.54) is 4.31 Å². The molecule has 1 aromatic rings. The Morgan fingerprint density at radius 1 is 1.57 bits per heavy atom. The molecule has 1 saturated heterocycles. The summed E-state index contributed by atoms with van der Waals surface area (Å²) < 4.78 is 27.3. The summed E-state index contributed by atoms with van der Waals surface area (Å²) >= 11 is 6.99. The van der Waals surface area contributed by atoms with E-state index >= 15 is 0 Å². The molecule has 1 aromatic heterocycles. The fourth-order valence-electron chi connectivity index (χ4n) is 3.46. The third kappa shape index (κ3) is 2.21. The van der Waals surface area contributed by atoms with Crippen LogP contribution in [0.1, 0.15) is 24.8 Å². The quantitative estimate of drug-likeness (QED) is 0.910. The highest BCUT2D eigenvalue weighted by molar-refractivity contribution is 7.91. The van der Waals surface area contributed by atoms with Crippen molar-refractivity contribution in [2.24, 2.45) is 11.3 Å². The molecule has 116 valence electrons. The van der Waals surface area contributed by atoms with Crippen LogP contribution in [0, 0.1) is 18.3 Å². The van der Waals surface area contributed by atoms with Gasteiger partial charge in [-0.1, -0.05) is 18.0 Å². The van der Waals surface area contributed by atoms with Gasteiger partial charge < -0.3 is 5.11 Å². The summed E-state index contributed by atoms with van der Waals surface area (Å²) in [5.74, 6) is -0.954. The van der Waals surface area contributed by atoms with Gasteiger partial charge in [0.25, 0.3) is 10.0 Å². The summed E-state index contributed by atoms with van der Waals surface area (Å²) in [6.07, 6.45) is 2.20. The molecule has 21 heavy (non-hydrogen) atoms. The highest BCUT2D eigenvalue weighted by Crippen LogP contribution is 2.50. The summed E-state index contributed by atoms with van der Waals surface area (Å²) in [5.41, 5.74) is -0.170. The van der Waals surface area contributed by atoms with Gasteiger partial charge in [-0.25, -0.2) is 8.42 Å². The second-order valence-corrected chi connectivity index (χ2v) is 9.69. The van der Waals surface area contributed by atoms with E-state index in [4.69, 9.17) is 11.6 Å². The lowest BCUT2D eigenvalue weighted by Crippen LogP contribution is -2.37. The van der Waals surface area contributed by atoms with Gasteiger partial charge in [0.15, 0.2) is 0 Å². The minimum Gasteiger partial charge on any atom is -0.481 e. The van der Waals surface area contributed by atoms with Crippen molar-refractivity contribution in [2.45, 2.75) is 30.4 Å². The largest absolute Gasteiger partial charge is 0.481 e.